The maximum absolute atomic E-state index is 12.7. The average molecular weight is 312 g/mol. The van der Waals surface area contributed by atoms with Crippen LogP contribution in [0.1, 0.15) is 37.8 Å². The lowest BCUT2D eigenvalue weighted by atomic mass is 10.1. The third-order valence-electron chi connectivity index (χ3n) is 3.90. The molecule has 1 fully saturated rings. The van der Waals surface area contributed by atoms with Crippen molar-refractivity contribution in [3.8, 4) is 0 Å². The summed E-state index contributed by atoms with van der Waals surface area (Å²) in [4.78, 5) is 0.327. The van der Waals surface area contributed by atoms with E-state index in [1.165, 1.54) is 0 Å². The van der Waals surface area contributed by atoms with Gasteiger partial charge in [-0.15, -0.1) is 0 Å². The standard InChI is InChI=1S/C15H24N2O3S/c1-3-11-9-14(16)13(4-2)15(10-11)21(18,19)17-12-5-7-20-8-6-12/h9-10,12,17H,3-8,16H2,1-2H3. The van der Waals surface area contributed by atoms with Crippen molar-refractivity contribution in [2.45, 2.75) is 50.5 Å². The minimum Gasteiger partial charge on any atom is -0.398 e. The average Bonchev–Trinajstić information content (AvgIpc) is 2.47. The van der Waals surface area contributed by atoms with Gasteiger partial charge in [-0.1, -0.05) is 13.8 Å². The number of aryl methyl sites for hydroxylation is 1. The fourth-order valence-electron chi connectivity index (χ4n) is 2.65. The zero-order chi connectivity index (χ0) is 15.5. The molecule has 0 aromatic heterocycles. The van der Waals surface area contributed by atoms with E-state index in [4.69, 9.17) is 10.5 Å². The smallest absolute Gasteiger partial charge is 0.241 e. The van der Waals surface area contributed by atoms with Crippen molar-refractivity contribution in [2.75, 3.05) is 18.9 Å². The summed E-state index contributed by atoms with van der Waals surface area (Å²) in [5.41, 5.74) is 8.23. The van der Waals surface area contributed by atoms with Gasteiger partial charge in [0.2, 0.25) is 10.0 Å². The highest BCUT2D eigenvalue weighted by Gasteiger charge is 2.25. The van der Waals surface area contributed by atoms with Crippen molar-refractivity contribution < 1.29 is 13.2 Å². The van der Waals surface area contributed by atoms with Crippen LogP contribution in [0.5, 0.6) is 0 Å². The molecule has 1 heterocycles. The molecule has 1 aliphatic heterocycles. The molecular formula is C15H24N2O3S. The molecular weight excluding hydrogens is 288 g/mol. The zero-order valence-electron chi connectivity index (χ0n) is 12.7. The van der Waals surface area contributed by atoms with Gasteiger partial charge in [0.1, 0.15) is 0 Å². The Balaban J connectivity index is 2.35. The van der Waals surface area contributed by atoms with Gasteiger partial charge in [-0.05, 0) is 48.9 Å². The largest absolute Gasteiger partial charge is 0.398 e. The number of rotatable bonds is 5. The minimum absolute atomic E-state index is 0.0556. The predicted molar refractivity (Wildman–Crippen MR) is 83.8 cm³/mol. The van der Waals surface area contributed by atoms with Gasteiger partial charge in [0.15, 0.2) is 0 Å². The Bertz CT molecular complexity index is 593. The van der Waals surface area contributed by atoms with Gasteiger partial charge in [0.05, 0.1) is 4.90 Å². The van der Waals surface area contributed by atoms with Gasteiger partial charge in [0, 0.05) is 24.9 Å². The van der Waals surface area contributed by atoms with Crippen molar-refractivity contribution >= 4 is 15.7 Å². The second-order valence-corrected chi connectivity index (χ2v) is 7.06. The Morgan fingerprint density at radius 2 is 1.90 bits per heavy atom. The van der Waals surface area contributed by atoms with Crippen LogP contribution in [0.2, 0.25) is 0 Å². The van der Waals surface area contributed by atoms with Crippen LogP contribution < -0.4 is 10.5 Å². The summed E-state index contributed by atoms with van der Waals surface area (Å²) in [6.45, 7) is 5.11. The summed E-state index contributed by atoms with van der Waals surface area (Å²) in [5, 5.41) is 0. The number of benzene rings is 1. The highest BCUT2D eigenvalue weighted by Crippen LogP contribution is 2.26. The summed E-state index contributed by atoms with van der Waals surface area (Å²) < 4.78 is 33.5. The Kier molecular flexibility index (Phi) is 5.24. The predicted octanol–water partition coefficient (Wildman–Crippen LogP) is 1.85. The lowest BCUT2D eigenvalue weighted by molar-refractivity contribution is 0.0832. The van der Waals surface area contributed by atoms with Gasteiger partial charge < -0.3 is 10.5 Å². The highest BCUT2D eigenvalue weighted by atomic mass is 32.2. The molecule has 3 N–H and O–H groups in total. The van der Waals surface area contributed by atoms with Gasteiger partial charge in [-0.3, -0.25) is 0 Å². The molecule has 0 bridgehead atoms. The Morgan fingerprint density at radius 3 is 2.48 bits per heavy atom. The normalized spacial score (nSPS) is 17.0. The number of sulfonamides is 1. The zero-order valence-corrected chi connectivity index (χ0v) is 13.5. The molecule has 0 saturated carbocycles. The molecule has 1 aromatic rings. The number of hydrogen-bond donors (Lipinski definition) is 2. The van der Waals surface area contributed by atoms with E-state index in [1.54, 1.807) is 6.07 Å². The first kappa shape index (κ1) is 16.3. The van der Waals surface area contributed by atoms with Crippen LogP contribution in [0.3, 0.4) is 0 Å². The van der Waals surface area contributed by atoms with Crippen LogP contribution in [0, 0.1) is 0 Å². The minimum atomic E-state index is -3.54. The van der Waals surface area contributed by atoms with Crippen molar-refractivity contribution in [3.05, 3.63) is 23.3 Å². The number of ether oxygens (including phenoxy) is 1. The molecule has 0 unspecified atom stereocenters. The van der Waals surface area contributed by atoms with E-state index in [-0.39, 0.29) is 6.04 Å². The number of nitrogens with two attached hydrogens (primary N) is 1. The van der Waals surface area contributed by atoms with E-state index < -0.39 is 10.0 Å². The van der Waals surface area contributed by atoms with E-state index in [9.17, 15) is 8.42 Å². The molecule has 1 saturated heterocycles. The summed E-state index contributed by atoms with van der Waals surface area (Å²) in [6, 6.07) is 3.56. The third-order valence-corrected chi connectivity index (χ3v) is 5.48. The van der Waals surface area contributed by atoms with Crippen molar-refractivity contribution in [3.63, 3.8) is 0 Å². The summed E-state index contributed by atoms with van der Waals surface area (Å²) in [7, 11) is -3.54. The SMILES string of the molecule is CCc1cc(N)c(CC)c(S(=O)(=O)NC2CCOCC2)c1. The topological polar surface area (TPSA) is 81.4 Å². The third kappa shape index (κ3) is 3.75. The molecule has 0 radical (unpaired) electrons. The van der Waals surface area contributed by atoms with Gasteiger partial charge in [0.25, 0.3) is 0 Å². The second-order valence-electron chi connectivity index (χ2n) is 5.38. The van der Waals surface area contributed by atoms with E-state index in [1.807, 2.05) is 19.9 Å². The van der Waals surface area contributed by atoms with Crippen LogP contribution in [0.15, 0.2) is 17.0 Å². The highest BCUT2D eigenvalue weighted by molar-refractivity contribution is 7.89. The number of nitrogen functional groups attached to an aromatic ring is 1. The molecule has 21 heavy (non-hydrogen) atoms. The fraction of sp³-hybridized carbons (Fsp3) is 0.600. The Labute approximate surface area is 126 Å². The van der Waals surface area contributed by atoms with Gasteiger partial charge in [-0.25, -0.2) is 13.1 Å². The van der Waals surface area contributed by atoms with Crippen LogP contribution >= 0.6 is 0 Å². The monoisotopic (exact) mass is 312 g/mol. The van der Waals surface area contributed by atoms with Crippen molar-refractivity contribution in [2.24, 2.45) is 0 Å². The number of hydrogen-bond acceptors (Lipinski definition) is 4. The molecule has 5 nitrogen and oxygen atoms in total. The Morgan fingerprint density at radius 1 is 1.24 bits per heavy atom. The lowest BCUT2D eigenvalue weighted by Crippen LogP contribution is -2.39. The Hall–Kier alpha value is -1.11. The molecule has 6 heteroatoms. The quantitative estimate of drug-likeness (QED) is 0.813. The fourth-order valence-corrected chi connectivity index (χ4v) is 4.34. The first-order chi connectivity index (χ1) is 9.97. The molecule has 0 atom stereocenters. The van der Waals surface area contributed by atoms with E-state index >= 15 is 0 Å². The molecule has 1 aromatic carbocycles. The van der Waals surface area contributed by atoms with Gasteiger partial charge in [-0.2, -0.15) is 0 Å². The van der Waals surface area contributed by atoms with Crippen LogP contribution in [-0.2, 0) is 27.6 Å². The lowest BCUT2D eigenvalue weighted by Gasteiger charge is -2.24. The van der Waals surface area contributed by atoms with Crippen LogP contribution in [0.25, 0.3) is 0 Å². The van der Waals surface area contributed by atoms with Crippen molar-refractivity contribution in [1.82, 2.24) is 4.72 Å². The number of anilines is 1. The molecule has 0 spiro atoms. The first-order valence-corrected chi connectivity index (χ1v) is 8.97. The van der Waals surface area contributed by atoms with Crippen LogP contribution in [0.4, 0.5) is 5.69 Å². The maximum Gasteiger partial charge on any atom is 0.241 e. The van der Waals surface area contributed by atoms with Gasteiger partial charge >= 0.3 is 0 Å². The maximum atomic E-state index is 12.7. The second kappa shape index (κ2) is 6.77. The summed E-state index contributed by atoms with van der Waals surface area (Å²) in [5.74, 6) is 0. The van der Waals surface area contributed by atoms with E-state index in [0.717, 1.165) is 12.0 Å². The number of nitrogens with one attached hydrogen (secondary N) is 1. The molecule has 2 rings (SSSR count). The van der Waals surface area contributed by atoms with Crippen LogP contribution in [-0.4, -0.2) is 27.7 Å². The van der Waals surface area contributed by atoms with Crippen molar-refractivity contribution in [1.29, 1.82) is 0 Å². The molecule has 0 aliphatic carbocycles. The summed E-state index contributed by atoms with van der Waals surface area (Å²) in [6.07, 6.45) is 2.78. The molecule has 1 aliphatic rings. The molecule has 0 amide bonds. The first-order valence-electron chi connectivity index (χ1n) is 7.49. The van der Waals surface area contributed by atoms with E-state index in [0.29, 0.717) is 48.6 Å². The summed E-state index contributed by atoms with van der Waals surface area (Å²) >= 11 is 0. The van der Waals surface area contributed by atoms with E-state index in [2.05, 4.69) is 4.72 Å². The molecule has 118 valence electrons.